The van der Waals surface area contributed by atoms with Crippen molar-refractivity contribution in [3.8, 4) is 11.6 Å². The molecule has 2 aromatic carbocycles. The van der Waals surface area contributed by atoms with Gasteiger partial charge >= 0.3 is 0 Å². The Hall–Kier alpha value is -3.41. The van der Waals surface area contributed by atoms with Gasteiger partial charge in [-0.2, -0.15) is 0 Å². The van der Waals surface area contributed by atoms with Crippen LogP contribution in [-0.4, -0.2) is 22.4 Å². The minimum absolute atomic E-state index is 0.0519. The highest BCUT2D eigenvalue weighted by Gasteiger charge is 2.06. The van der Waals surface area contributed by atoms with E-state index in [4.69, 9.17) is 4.74 Å². The van der Waals surface area contributed by atoms with E-state index in [1.807, 2.05) is 55.5 Å². The Labute approximate surface area is 165 Å². The van der Waals surface area contributed by atoms with Gasteiger partial charge in [0.1, 0.15) is 17.9 Å². The van der Waals surface area contributed by atoms with Crippen molar-refractivity contribution in [1.29, 1.82) is 0 Å². The van der Waals surface area contributed by atoms with Crippen LogP contribution < -0.4 is 15.4 Å². The fraction of sp³-hybridized carbons (Fsp3) is 0.227. The van der Waals surface area contributed by atoms with Gasteiger partial charge < -0.3 is 15.4 Å². The molecular formula is C22H24N4O2. The molecular weight excluding hydrogens is 352 g/mol. The van der Waals surface area contributed by atoms with Gasteiger partial charge in [0.25, 0.3) is 0 Å². The second-order valence-electron chi connectivity index (χ2n) is 6.29. The molecule has 1 heterocycles. The van der Waals surface area contributed by atoms with Crippen molar-refractivity contribution in [2.24, 2.45) is 0 Å². The maximum Gasteiger partial charge on any atom is 0.228 e. The molecule has 1 amide bonds. The lowest BCUT2D eigenvalue weighted by molar-refractivity contribution is -0.115. The van der Waals surface area contributed by atoms with Crippen LogP contribution in [0.5, 0.6) is 11.6 Å². The Bertz CT molecular complexity index is 909. The lowest BCUT2D eigenvalue weighted by Crippen LogP contribution is -2.14. The van der Waals surface area contributed by atoms with Crippen molar-refractivity contribution in [3.63, 3.8) is 0 Å². The van der Waals surface area contributed by atoms with E-state index in [0.717, 1.165) is 24.2 Å². The van der Waals surface area contributed by atoms with Crippen molar-refractivity contribution in [2.75, 3.05) is 17.2 Å². The highest BCUT2D eigenvalue weighted by Crippen LogP contribution is 2.21. The van der Waals surface area contributed by atoms with Crippen LogP contribution in [0.15, 0.2) is 60.9 Å². The summed E-state index contributed by atoms with van der Waals surface area (Å²) in [5.41, 5.74) is 2.96. The third kappa shape index (κ3) is 5.54. The number of aryl methyl sites for hydroxylation is 1. The van der Waals surface area contributed by atoms with Gasteiger partial charge in [0.15, 0.2) is 0 Å². The molecule has 3 rings (SSSR count). The van der Waals surface area contributed by atoms with Gasteiger partial charge in [-0.15, -0.1) is 0 Å². The van der Waals surface area contributed by atoms with E-state index in [9.17, 15) is 4.79 Å². The fourth-order valence-electron chi connectivity index (χ4n) is 2.68. The van der Waals surface area contributed by atoms with Crippen molar-refractivity contribution in [3.05, 3.63) is 72.1 Å². The summed E-state index contributed by atoms with van der Waals surface area (Å²) in [6.07, 6.45) is 2.74. The summed E-state index contributed by atoms with van der Waals surface area (Å²) in [5.74, 6) is 1.78. The minimum Gasteiger partial charge on any atom is -0.439 e. The number of hydrogen-bond donors (Lipinski definition) is 2. The number of carbonyl (C=O) groups excluding carboxylic acids is 1. The fourth-order valence-corrected chi connectivity index (χ4v) is 2.68. The summed E-state index contributed by atoms with van der Waals surface area (Å²) >= 11 is 0. The average molecular weight is 376 g/mol. The van der Waals surface area contributed by atoms with Gasteiger partial charge in [0.05, 0.1) is 6.42 Å². The quantitative estimate of drug-likeness (QED) is 0.608. The number of rotatable bonds is 8. The second-order valence-corrected chi connectivity index (χ2v) is 6.29. The maximum atomic E-state index is 12.2. The molecule has 0 fully saturated rings. The number of aromatic nitrogens is 2. The minimum atomic E-state index is -0.0519. The van der Waals surface area contributed by atoms with Crippen molar-refractivity contribution in [2.45, 2.75) is 26.7 Å². The molecule has 0 spiro atoms. The third-order valence-electron chi connectivity index (χ3n) is 4.16. The van der Waals surface area contributed by atoms with Gasteiger partial charge in [-0.3, -0.25) is 4.79 Å². The Morgan fingerprint density at radius 1 is 0.964 bits per heavy atom. The Morgan fingerprint density at radius 2 is 1.68 bits per heavy atom. The molecule has 0 aliphatic rings. The molecule has 28 heavy (non-hydrogen) atoms. The first-order valence-corrected chi connectivity index (χ1v) is 9.37. The molecule has 0 radical (unpaired) electrons. The number of nitrogens with one attached hydrogen (secondary N) is 2. The molecule has 144 valence electrons. The first kappa shape index (κ1) is 19.4. The van der Waals surface area contributed by atoms with Gasteiger partial charge in [-0.1, -0.05) is 31.2 Å². The molecule has 0 bridgehead atoms. The SMILES string of the molecule is CCNc1cc(Oc2ccc(CC(=O)Nc3ccc(CC)cc3)cc2)ncn1. The number of hydrogen-bond acceptors (Lipinski definition) is 5. The molecule has 0 aliphatic heterocycles. The van der Waals surface area contributed by atoms with Gasteiger partial charge in [0.2, 0.25) is 11.8 Å². The lowest BCUT2D eigenvalue weighted by Gasteiger charge is -2.08. The van der Waals surface area contributed by atoms with Crippen LogP contribution in [0, 0.1) is 0 Å². The predicted molar refractivity (Wildman–Crippen MR) is 111 cm³/mol. The van der Waals surface area contributed by atoms with E-state index in [0.29, 0.717) is 23.9 Å². The zero-order chi connectivity index (χ0) is 19.8. The molecule has 6 heteroatoms. The number of amides is 1. The van der Waals surface area contributed by atoms with Crippen LogP contribution in [-0.2, 0) is 17.6 Å². The molecule has 0 atom stereocenters. The molecule has 0 saturated heterocycles. The summed E-state index contributed by atoms with van der Waals surface area (Å²) in [6, 6.07) is 17.1. The van der Waals surface area contributed by atoms with Crippen LogP contribution >= 0.6 is 0 Å². The van der Waals surface area contributed by atoms with Gasteiger partial charge in [-0.05, 0) is 48.7 Å². The highest BCUT2D eigenvalue weighted by molar-refractivity contribution is 5.92. The predicted octanol–water partition coefficient (Wildman–Crippen LogP) is 4.44. The second kappa shape index (κ2) is 9.50. The molecule has 6 nitrogen and oxygen atoms in total. The van der Waals surface area contributed by atoms with Crippen LogP contribution in [0.2, 0.25) is 0 Å². The molecule has 0 aliphatic carbocycles. The largest absolute Gasteiger partial charge is 0.439 e. The Kier molecular flexibility index (Phi) is 6.57. The summed E-state index contributed by atoms with van der Waals surface area (Å²) in [4.78, 5) is 20.5. The Balaban J connectivity index is 1.56. The van der Waals surface area contributed by atoms with E-state index in [1.165, 1.54) is 11.9 Å². The number of carbonyl (C=O) groups is 1. The van der Waals surface area contributed by atoms with E-state index >= 15 is 0 Å². The van der Waals surface area contributed by atoms with Crippen molar-refractivity contribution < 1.29 is 9.53 Å². The van der Waals surface area contributed by atoms with Gasteiger partial charge in [-0.25, -0.2) is 9.97 Å². The molecule has 0 saturated carbocycles. The highest BCUT2D eigenvalue weighted by atomic mass is 16.5. The van der Waals surface area contributed by atoms with Crippen LogP contribution in [0.3, 0.4) is 0 Å². The van der Waals surface area contributed by atoms with Crippen LogP contribution in [0.4, 0.5) is 11.5 Å². The maximum absolute atomic E-state index is 12.2. The first-order chi connectivity index (χ1) is 13.7. The van der Waals surface area contributed by atoms with Crippen LogP contribution in [0.25, 0.3) is 0 Å². The molecule has 0 unspecified atom stereocenters. The lowest BCUT2D eigenvalue weighted by atomic mass is 10.1. The molecule has 1 aromatic heterocycles. The van der Waals surface area contributed by atoms with E-state index in [2.05, 4.69) is 27.5 Å². The third-order valence-corrected chi connectivity index (χ3v) is 4.16. The zero-order valence-electron chi connectivity index (χ0n) is 16.1. The monoisotopic (exact) mass is 376 g/mol. The van der Waals surface area contributed by atoms with E-state index in [-0.39, 0.29) is 5.91 Å². The number of benzene rings is 2. The first-order valence-electron chi connectivity index (χ1n) is 9.37. The normalized spacial score (nSPS) is 10.4. The van der Waals surface area contributed by atoms with Gasteiger partial charge in [0, 0.05) is 18.3 Å². The summed E-state index contributed by atoms with van der Waals surface area (Å²) in [5, 5.41) is 6.04. The summed E-state index contributed by atoms with van der Waals surface area (Å²) in [7, 11) is 0. The molecule has 3 aromatic rings. The number of ether oxygens (including phenoxy) is 1. The number of nitrogens with zero attached hydrogens (tertiary/aromatic N) is 2. The summed E-state index contributed by atoms with van der Waals surface area (Å²) in [6.45, 7) is 4.88. The van der Waals surface area contributed by atoms with E-state index < -0.39 is 0 Å². The topological polar surface area (TPSA) is 76.1 Å². The Morgan fingerprint density at radius 3 is 2.36 bits per heavy atom. The van der Waals surface area contributed by atoms with E-state index in [1.54, 1.807) is 6.07 Å². The average Bonchev–Trinajstić information content (AvgIpc) is 2.71. The standard InChI is InChI=1S/C22H24N4O2/c1-3-16-5-9-18(10-6-16)26-21(27)13-17-7-11-19(12-8-17)28-22-14-20(23-4-2)24-15-25-22/h5-12,14-15H,3-4,13H2,1-2H3,(H,26,27)(H,23,24,25). The van der Waals surface area contributed by atoms with Crippen molar-refractivity contribution in [1.82, 2.24) is 9.97 Å². The van der Waals surface area contributed by atoms with Crippen molar-refractivity contribution >= 4 is 17.4 Å². The molecule has 2 N–H and O–H groups in total. The summed E-state index contributed by atoms with van der Waals surface area (Å²) < 4.78 is 5.75. The zero-order valence-corrected chi connectivity index (χ0v) is 16.1. The van der Waals surface area contributed by atoms with Crippen LogP contribution in [0.1, 0.15) is 25.0 Å². The smallest absolute Gasteiger partial charge is 0.228 e. The number of anilines is 2.